The highest BCUT2D eigenvalue weighted by Gasteiger charge is 2.14. The molecule has 140 valence electrons. The van der Waals surface area contributed by atoms with Gasteiger partial charge in [0.05, 0.1) is 33.1 Å². The Morgan fingerprint density at radius 2 is 2.23 bits per heavy atom. The average Bonchev–Trinajstić information content (AvgIpc) is 3.08. The van der Waals surface area contributed by atoms with Crippen LogP contribution in [-0.2, 0) is 9.47 Å². The van der Waals surface area contributed by atoms with Crippen LogP contribution in [0.2, 0.25) is 0 Å². The van der Waals surface area contributed by atoms with Crippen LogP contribution in [0.4, 0.5) is 10.9 Å². The largest absolute Gasteiger partial charge is 0.493 e. The standard InChI is InChI=1S/C17H22N4O4S/c1-22-13-4-3-12(10-19-21-17-20-15(18)11-26-17)9-14(13)23-8-5-16-24-6-2-7-25-16/h3-4,9-11,16H,2,5-8,18H2,1H3,(H,20,21). The predicted molar refractivity (Wildman–Crippen MR) is 101 cm³/mol. The molecule has 0 spiro atoms. The van der Waals surface area contributed by atoms with Crippen LogP contribution in [0, 0.1) is 0 Å². The number of ether oxygens (including phenoxy) is 4. The number of nitrogen functional groups attached to an aromatic ring is 1. The van der Waals surface area contributed by atoms with Crippen LogP contribution in [0.3, 0.4) is 0 Å². The van der Waals surface area contributed by atoms with Crippen LogP contribution >= 0.6 is 11.3 Å². The molecule has 2 aromatic rings. The Hall–Kier alpha value is -2.36. The number of hydrazone groups is 1. The van der Waals surface area contributed by atoms with Gasteiger partial charge in [-0.3, -0.25) is 5.43 Å². The number of benzene rings is 1. The highest BCUT2D eigenvalue weighted by atomic mass is 32.1. The summed E-state index contributed by atoms with van der Waals surface area (Å²) < 4.78 is 22.2. The minimum Gasteiger partial charge on any atom is -0.493 e. The molecule has 9 heteroatoms. The lowest BCUT2D eigenvalue weighted by atomic mass is 10.2. The van der Waals surface area contributed by atoms with E-state index in [1.54, 1.807) is 18.7 Å². The van der Waals surface area contributed by atoms with Gasteiger partial charge in [-0.25, -0.2) is 4.98 Å². The molecule has 1 aliphatic rings. The molecule has 0 unspecified atom stereocenters. The number of nitrogens with one attached hydrogen (secondary N) is 1. The van der Waals surface area contributed by atoms with Crippen LogP contribution in [0.25, 0.3) is 0 Å². The number of nitrogens with two attached hydrogens (primary N) is 1. The Kier molecular flexibility index (Phi) is 6.64. The van der Waals surface area contributed by atoms with Gasteiger partial charge in [-0.05, 0) is 30.2 Å². The summed E-state index contributed by atoms with van der Waals surface area (Å²) in [5.74, 6) is 1.78. The fourth-order valence-electron chi connectivity index (χ4n) is 2.35. The summed E-state index contributed by atoms with van der Waals surface area (Å²) in [7, 11) is 1.61. The lowest BCUT2D eigenvalue weighted by Gasteiger charge is -2.23. The van der Waals surface area contributed by atoms with Gasteiger partial charge in [0.1, 0.15) is 5.82 Å². The zero-order chi connectivity index (χ0) is 18.2. The van der Waals surface area contributed by atoms with Gasteiger partial charge >= 0.3 is 0 Å². The summed E-state index contributed by atoms with van der Waals surface area (Å²) in [6.45, 7) is 1.94. The van der Waals surface area contributed by atoms with Crippen LogP contribution in [0.5, 0.6) is 11.5 Å². The van der Waals surface area contributed by atoms with Gasteiger partial charge in [-0.1, -0.05) is 0 Å². The van der Waals surface area contributed by atoms with E-state index >= 15 is 0 Å². The van der Waals surface area contributed by atoms with Crippen molar-refractivity contribution in [2.75, 3.05) is 38.1 Å². The third-order valence-electron chi connectivity index (χ3n) is 3.59. The topological polar surface area (TPSA) is 100 Å². The molecule has 0 amide bonds. The number of anilines is 2. The number of nitrogens with zero attached hydrogens (tertiary/aromatic N) is 2. The van der Waals surface area contributed by atoms with E-state index in [4.69, 9.17) is 24.7 Å². The third kappa shape index (κ3) is 5.32. The molecule has 1 aromatic carbocycles. The molecule has 1 aromatic heterocycles. The lowest BCUT2D eigenvalue weighted by Crippen LogP contribution is -2.26. The number of hydrogen-bond acceptors (Lipinski definition) is 9. The third-order valence-corrected chi connectivity index (χ3v) is 4.36. The molecular weight excluding hydrogens is 356 g/mol. The van der Waals surface area contributed by atoms with Gasteiger partial charge in [0.25, 0.3) is 0 Å². The Labute approximate surface area is 155 Å². The van der Waals surface area contributed by atoms with Crippen LogP contribution in [-0.4, -0.2) is 44.4 Å². The van der Waals surface area contributed by atoms with E-state index in [2.05, 4.69) is 15.5 Å². The van der Waals surface area contributed by atoms with Crippen LogP contribution in [0.15, 0.2) is 28.7 Å². The van der Waals surface area contributed by atoms with Crippen LogP contribution in [0.1, 0.15) is 18.4 Å². The van der Waals surface area contributed by atoms with Crippen molar-refractivity contribution in [1.82, 2.24) is 4.98 Å². The molecule has 3 N–H and O–H groups in total. The maximum Gasteiger partial charge on any atom is 0.205 e. The summed E-state index contributed by atoms with van der Waals surface area (Å²) in [5.41, 5.74) is 9.28. The van der Waals surface area contributed by atoms with Crippen molar-refractivity contribution in [2.24, 2.45) is 5.10 Å². The average molecular weight is 378 g/mol. The van der Waals surface area contributed by atoms with E-state index in [0.29, 0.717) is 35.5 Å². The zero-order valence-electron chi connectivity index (χ0n) is 14.5. The lowest BCUT2D eigenvalue weighted by molar-refractivity contribution is -0.183. The van der Waals surface area contributed by atoms with Gasteiger partial charge in [0.2, 0.25) is 5.13 Å². The first-order valence-electron chi connectivity index (χ1n) is 8.29. The van der Waals surface area contributed by atoms with Crippen molar-refractivity contribution in [3.63, 3.8) is 0 Å². The second-order valence-electron chi connectivity index (χ2n) is 5.52. The maximum absolute atomic E-state index is 5.85. The Morgan fingerprint density at radius 1 is 1.38 bits per heavy atom. The van der Waals surface area contributed by atoms with Gasteiger partial charge in [0, 0.05) is 11.8 Å². The SMILES string of the molecule is COc1ccc(C=NNc2nc(N)cs2)cc1OCCC1OCCCO1. The first kappa shape index (κ1) is 18.4. The Balaban J connectivity index is 1.56. The van der Waals surface area contributed by atoms with Crippen LogP contribution < -0.4 is 20.6 Å². The smallest absolute Gasteiger partial charge is 0.205 e. The summed E-state index contributed by atoms with van der Waals surface area (Å²) in [4.78, 5) is 4.07. The molecule has 0 radical (unpaired) electrons. The van der Waals surface area contributed by atoms with Gasteiger partial charge < -0.3 is 24.7 Å². The molecule has 26 heavy (non-hydrogen) atoms. The minimum atomic E-state index is -0.200. The summed E-state index contributed by atoms with van der Waals surface area (Å²) in [5, 5.41) is 6.54. The molecule has 2 heterocycles. The molecule has 8 nitrogen and oxygen atoms in total. The monoisotopic (exact) mass is 378 g/mol. The van der Waals surface area contributed by atoms with Crippen molar-refractivity contribution in [3.8, 4) is 11.5 Å². The number of thiazole rings is 1. The molecule has 0 aliphatic carbocycles. The van der Waals surface area contributed by atoms with Gasteiger partial charge in [-0.15, -0.1) is 11.3 Å². The predicted octanol–water partition coefficient (Wildman–Crippen LogP) is 2.71. The van der Waals surface area contributed by atoms with E-state index in [9.17, 15) is 0 Å². The first-order valence-corrected chi connectivity index (χ1v) is 9.16. The first-order chi connectivity index (χ1) is 12.7. The van der Waals surface area contributed by atoms with E-state index in [1.807, 2.05) is 18.2 Å². The second kappa shape index (κ2) is 9.37. The molecule has 3 rings (SSSR count). The molecule has 1 fully saturated rings. The number of aromatic nitrogens is 1. The van der Waals surface area contributed by atoms with Gasteiger partial charge in [-0.2, -0.15) is 5.10 Å². The molecule has 0 bridgehead atoms. The Morgan fingerprint density at radius 3 is 2.96 bits per heavy atom. The number of rotatable bonds is 8. The number of methoxy groups -OCH3 is 1. The van der Waals surface area contributed by atoms with Crippen molar-refractivity contribution < 1.29 is 18.9 Å². The normalized spacial score (nSPS) is 15.3. The minimum absolute atomic E-state index is 0.200. The molecule has 1 saturated heterocycles. The highest BCUT2D eigenvalue weighted by Crippen LogP contribution is 2.28. The van der Waals surface area contributed by atoms with E-state index < -0.39 is 0 Å². The fourth-order valence-corrected chi connectivity index (χ4v) is 2.90. The molecule has 0 atom stereocenters. The highest BCUT2D eigenvalue weighted by molar-refractivity contribution is 7.14. The maximum atomic E-state index is 5.85. The summed E-state index contributed by atoms with van der Waals surface area (Å²) >= 11 is 1.39. The summed E-state index contributed by atoms with van der Waals surface area (Å²) in [6.07, 6.45) is 3.08. The molecular formula is C17H22N4O4S. The molecule has 0 saturated carbocycles. The Bertz CT molecular complexity index is 731. The van der Waals surface area contributed by atoms with Crippen molar-refractivity contribution in [3.05, 3.63) is 29.1 Å². The second-order valence-corrected chi connectivity index (χ2v) is 6.38. The van der Waals surface area contributed by atoms with E-state index in [-0.39, 0.29) is 6.29 Å². The quantitative estimate of drug-likeness (QED) is 0.538. The van der Waals surface area contributed by atoms with E-state index in [0.717, 1.165) is 25.2 Å². The van der Waals surface area contributed by atoms with Crippen molar-refractivity contribution in [1.29, 1.82) is 0 Å². The summed E-state index contributed by atoms with van der Waals surface area (Å²) in [6, 6.07) is 5.59. The van der Waals surface area contributed by atoms with E-state index in [1.165, 1.54) is 11.3 Å². The fraction of sp³-hybridized carbons (Fsp3) is 0.412. The van der Waals surface area contributed by atoms with Crippen molar-refractivity contribution in [2.45, 2.75) is 19.1 Å². The van der Waals surface area contributed by atoms with Crippen molar-refractivity contribution >= 4 is 28.5 Å². The van der Waals surface area contributed by atoms with Gasteiger partial charge in [0.15, 0.2) is 17.8 Å². The molecule has 1 aliphatic heterocycles. The number of hydrogen-bond donors (Lipinski definition) is 2. The zero-order valence-corrected chi connectivity index (χ0v) is 15.3.